The molecule has 2 heterocycles. The van der Waals surface area contributed by atoms with Crippen LogP contribution in [-0.2, 0) is 11.2 Å². The molecule has 1 N–H and O–H groups in total. The minimum atomic E-state index is -0.504. The Balaban J connectivity index is 1.76. The van der Waals surface area contributed by atoms with E-state index in [4.69, 9.17) is 0 Å². The van der Waals surface area contributed by atoms with Gasteiger partial charge in [-0.25, -0.2) is 9.07 Å². The molecule has 2 aromatic heterocycles. The summed E-state index contributed by atoms with van der Waals surface area (Å²) in [6.45, 7) is 3.82. The number of carbonyl (C=O) groups is 1. The number of benzene rings is 1. The molecule has 0 saturated heterocycles. The number of anilines is 1. The summed E-state index contributed by atoms with van der Waals surface area (Å²) in [5.41, 5.74) is 1.44. The van der Waals surface area contributed by atoms with Gasteiger partial charge >= 0.3 is 0 Å². The first-order valence-electron chi connectivity index (χ1n) is 7.81. The van der Waals surface area contributed by atoms with Gasteiger partial charge in [-0.3, -0.25) is 9.78 Å². The van der Waals surface area contributed by atoms with Gasteiger partial charge in [0.25, 0.3) is 0 Å². The lowest BCUT2D eigenvalue weighted by Gasteiger charge is -2.10. The molecule has 0 radical (unpaired) electrons. The summed E-state index contributed by atoms with van der Waals surface area (Å²) in [7, 11) is 0. The number of nitrogens with one attached hydrogen (secondary N) is 1. The molecular weight excluding hydrogens is 323 g/mol. The maximum atomic E-state index is 14.5. The van der Waals surface area contributed by atoms with Crippen molar-refractivity contribution in [2.75, 3.05) is 5.32 Å². The van der Waals surface area contributed by atoms with Gasteiger partial charge in [0.2, 0.25) is 5.91 Å². The fraction of sp³-hybridized carbons (Fsp3) is 0.235. The van der Waals surface area contributed by atoms with Crippen molar-refractivity contribution in [3.8, 4) is 11.4 Å². The van der Waals surface area contributed by atoms with Crippen molar-refractivity contribution in [1.29, 1.82) is 0 Å². The third kappa shape index (κ3) is 3.85. The number of hydrogen-bond donors (Lipinski definition) is 1. The Kier molecular flexibility index (Phi) is 4.78. The van der Waals surface area contributed by atoms with Gasteiger partial charge in [0.15, 0.2) is 5.82 Å². The standard InChI is InChI=1S/C17H17FN6O/c1-11(2)24-17(21-22-23-24)14-6-5-13(9-15(14)18)20-16(25)8-12-4-3-7-19-10-12/h3-7,9-11H,8H2,1-2H3,(H,20,25). The van der Waals surface area contributed by atoms with Gasteiger partial charge in [0.05, 0.1) is 18.0 Å². The smallest absolute Gasteiger partial charge is 0.228 e. The minimum Gasteiger partial charge on any atom is -0.326 e. The number of carbonyl (C=O) groups excluding carboxylic acids is 1. The van der Waals surface area contributed by atoms with Crippen LogP contribution in [0.25, 0.3) is 11.4 Å². The first-order valence-corrected chi connectivity index (χ1v) is 7.81. The molecule has 0 aliphatic rings. The van der Waals surface area contributed by atoms with Gasteiger partial charge in [-0.05, 0) is 54.1 Å². The van der Waals surface area contributed by atoms with Crippen molar-refractivity contribution >= 4 is 11.6 Å². The molecule has 1 aromatic carbocycles. The molecule has 7 nitrogen and oxygen atoms in total. The Hall–Kier alpha value is -3.16. The van der Waals surface area contributed by atoms with Crippen molar-refractivity contribution in [3.05, 3.63) is 54.1 Å². The molecular formula is C17H17FN6O. The van der Waals surface area contributed by atoms with Crippen molar-refractivity contribution in [2.24, 2.45) is 0 Å². The number of halogens is 1. The maximum Gasteiger partial charge on any atom is 0.228 e. The molecule has 0 aliphatic heterocycles. The van der Waals surface area contributed by atoms with E-state index >= 15 is 0 Å². The molecule has 25 heavy (non-hydrogen) atoms. The van der Waals surface area contributed by atoms with Gasteiger partial charge < -0.3 is 5.32 Å². The van der Waals surface area contributed by atoms with Crippen LogP contribution in [0, 0.1) is 5.82 Å². The number of pyridine rings is 1. The molecule has 0 aliphatic carbocycles. The van der Waals surface area contributed by atoms with E-state index in [1.807, 2.05) is 19.9 Å². The second-order valence-corrected chi connectivity index (χ2v) is 5.82. The van der Waals surface area contributed by atoms with Crippen molar-refractivity contribution < 1.29 is 9.18 Å². The van der Waals surface area contributed by atoms with Crippen molar-refractivity contribution in [3.63, 3.8) is 0 Å². The summed E-state index contributed by atoms with van der Waals surface area (Å²) < 4.78 is 16.0. The van der Waals surface area contributed by atoms with Crippen LogP contribution in [0.4, 0.5) is 10.1 Å². The lowest BCUT2D eigenvalue weighted by atomic mass is 10.1. The molecule has 8 heteroatoms. The summed E-state index contributed by atoms with van der Waals surface area (Å²) in [5, 5.41) is 14.0. The van der Waals surface area contributed by atoms with E-state index < -0.39 is 5.82 Å². The molecule has 0 spiro atoms. The molecule has 3 aromatic rings. The Labute approximate surface area is 143 Å². The second-order valence-electron chi connectivity index (χ2n) is 5.82. The van der Waals surface area contributed by atoms with Crippen molar-refractivity contribution in [1.82, 2.24) is 25.2 Å². The van der Waals surface area contributed by atoms with Crippen LogP contribution in [0.2, 0.25) is 0 Å². The number of amides is 1. The molecule has 0 atom stereocenters. The van der Waals surface area contributed by atoms with Crippen LogP contribution in [0.5, 0.6) is 0 Å². The molecule has 3 rings (SSSR count). The Morgan fingerprint density at radius 3 is 2.84 bits per heavy atom. The van der Waals surface area contributed by atoms with Gasteiger partial charge in [-0.2, -0.15) is 0 Å². The predicted octanol–water partition coefficient (Wildman–Crippen LogP) is 2.64. The Morgan fingerprint density at radius 2 is 2.16 bits per heavy atom. The highest BCUT2D eigenvalue weighted by Gasteiger charge is 2.16. The molecule has 0 saturated carbocycles. The monoisotopic (exact) mass is 340 g/mol. The van der Waals surface area contributed by atoms with Crippen LogP contribution in [-0.4, -0.2) is 31.1 Å². The Morgan fingerprint density at radius 1 is 1.32 bits per heavy atom. The van der Waals surface area contributed by atoms with Crippen LogP contribution in [0.15, 0.2) is 42.7 Å². The van der Waals surface area contributed by atoms with E-state index in [9.17, 15) is 9.18 Å². The minimum absolute atomic E-state index is 0.00302. The fourth-order valence-corrected chi connectivity index (χ4v) is 2.39. The zero-order chi connectivity index (χ0) is 17.8. The zero-order valence-electron chi connectivity index (χ0n) is 13.8. The van der Waals surface area contributed by atoms with Gasteiger partial charge in [0.1, 0.15) is 5.82 Å². The van der Waals surface area contributed by atoms with Crippen molar-refractivity contribution in [2.45, 2.75) is 26.3 Å². The lowest BCUT2D eigenvalue weighted by molar-refractivity contribution is -0.115. The summed E-state index contributed by atoms with van der Waals surface area (Å²) in [6.07, 6.45) is 3.43. The van der Waals surface area contributed by atoms with E-state index in [1.165, 1.54) is 6.07 Å². The van der Waals surface area contributed by atoms with Crippen LogP contribution >= 0.6 is 0 Å². The quantitative estimate of drug-likeness (QED) is 0.772. The number of tetrazole rings is 1. The number of hydrogen-bond acceptors (Lipinski definition) is 5. The average Bonchev–Trinajstić information content (AvgIpc) is 3.05. The highest BCUT2D eigenvalue weighted by atomic mass is 19.1. The average molecular weight is 340 g/mol. The topological polar surface area (TPSA) is 85.6 Å². The normalized spacial score (nSPS) is 10.9. The zero-order valence-corrected chi connectivity index (χ0v) is 13.8. The summed E-state index contributed by atoms with van der Waals surface area (Å²) in [5.74, 6) is -0.399. The first kappa shape index (κ1) is 16.7. The van der Waals surface area contributed by atoms with Gasteiger partial charge in [-0.15, -0.1) is 5.10 Å². The number of nitrogens with zero attached hydrogens (tertiary/aromatic N) is 5. The van der Waals surface area contributed by atoms with Crippen LogP contribution < -0.4 is 5.32 Å². The van der Waals surface area contributed by atoms with E-state index in [-0.39, 0.29) is 23.9 Å². The fourth-order valence-electron chi connectivity index (χ4n) is 2.39. The number of aromatic nitrogens is 5. The molecule has 0 unspecified atom stereocenters. The summed E-state index contributed by atoms with van der Waals surface area (Å²) >= 11 is 0. The SMILES string of the molecule is CC(C)n1nnnc1-c1ccc(NC(=O)Cc2cccnc2)cc1F. The summed E-state index contributed by atoms with van der Waals surface area (Å²) in [6, 6.07) is 8.01. The van der Waals surface area contributed by atoms with E-state index in [0.717, 1.165) is 5.56 Å². The van der Waals surface area contributed by atoms with E-state index in [2.05, 4.69) is 25.8 Å². The second kappa shape index (κ2) is 7.16. The lowest BCUT2D eigenvalue weighted by Crippen LogP contribution is -2.14. The Bertz CT molecular complexity index is 878. The maximum absolute atomic E-state index is 14.5. The van der Waals surface area contributed by atoms with E-state index in [1.54, 1.807) is 35.3 Å². The molecule has 0 bridgehead atoms. The highest BCUT2D eigenvalue weighted by Crippen LogP contribution is 2.24. The highest BCUT2D eigenvalue weighted by molar-refractivity contribution is 5.92. The third-order valence-electron chi connectivity index (χ3n) is 3.56. The first-order chi connectivity index (χ1) is 12.0. The number of rotatable bonds is 5. The molecule has 0 fully saturated rings. The molecule has 128 valence electrons. The van der Waals surface area contributed by atoms with E-state index in [0.29, 0.717) is 11.5 Å². The largest absolute Gasteiger partial charge is 0.326 e. The molecule has 1 amide bonds. The third-order valence-corrected chi connectivity index (χ3v) is 3.56. The van der Waals surface area contributed by atoms with Gasteiger partial charge in [0, 0.05) is 18.1 Å². The predicted molar refractivity (Wildman–Crippen MR) is 90.2 cm³/mol. The summed E-state index contributed by atoms with van der Waals surface area (Å²) in [4.78, 5) is 16.0. The van der Waals surface area contributed by atoms with Gasteiger partial charge in [-0.1, -0.05) is 6.07 Å². The van der Waals surface area contributed by atoms with Crippen LogP contribution in [0.3, 0.4) is 0 Å². The van der Waals surface area contributed by atoms with Crippen LogP contribution in [0.1, 0.15) is 25.5 Å².